The summed E-state index contributed by atoms with van der Waals surface area (Å²) < 4.78 is 0. The number of phenols is 2. The number of hydrogen-bond acceptors (Lipinski definition) is 4. The quantitative estimate of drug-likeness (QED) is 0.563. The summed E-state index contributed by atoms with van der Waals surface area (Å²) in [5.41, 5.74) is 0.714. The fourth-order valence-corrected chi connectivity index (χ4v) is 3.49. The van der Waals surface area contributed by atoms with Crippen LogP contribution in [0.4, 0.5) is 0 Å². The SMILES string of the molecule is CC(=O)CCCC(C)(C)c1cc(O)c(C(C)(C)CCCC(C)=O)cc1O. The van der Waals surface area contributed by atoms with Crippen LogP contribution in [0, 0.1) is 0 Å². The summed E-state index contributed by atoms with van der Waals surface area (Å²) in [5.74, 6) is 0.668. The van der Waals surface area contributed by atoms with Crippen LogP contribution in [0.15, 0.2) is 12.1 Å². The van der Waals surface area contributed by atoms with Crippen molar-refractivity contribution in [3.8, 4) is 11.5 Å². The predicted molar refractivity (Wildman–Crippen MR) is 105 cm³/mol. The van der Waals surface area contributed by atoms with Crippen LogP contribution in [0.1, 0.15) is 91.2 Å². The van der Waals surface area contributed by atoms with E-state index in [2.05, 4.69) is 0 Å². The van der Waals surface area contributed by atoms with Crippen LogP contribution in [0.3, 0.4) is 0 Å². The van der Waals surface area contributed by atoms with Gasteiger partial charge < -0.3 is 19.8 Å². The summed E-state index contributed by atoms with van der Waals surface area (Å²) in [6.07, 6.45) is 4.05. The number of phenolic OH excluding ortho intramolecular Hbond substituents is 2. The van der Waals surface area contributed by atoms with Crippen molar-refractivity contribution < 1.29 is 19.8 Å². The van der Waals surface area contributed by atoms with Gasteiger partial charge in [-0.2, -0.15) is 0 Å². The summed E-state index contributed by atoms with van der Waals surface area (Å²) in [6, 6.07) is 3.32. The van der Waals surface area contributed by atoms with Gasteiger partial charge in [-0.25, -0.2) is 0 Å². The van der Waals surface area contributed by atoms with Gasteiger partial charge in [0.15, 0.2) is 0 Å². The highest BCUT2D eigenvalue weighted by molar-refractivity contribution is 5.75. The molecule has 0 fully saturated rings. The van der Waals surface area contributed by atoms with Gasteiger partial charge in [0.1, 0.15) is 23.1 Å². The molecule has 0 unspecified atom stereocenters. The number of rotatable bonds is 10. The maximum atomic E-state index is 11.2. The lowest BCUT2D eigenvalue weighted by atomic mass is 9.75. The molecule has 1 aromatic carbocycles. The Morgan fingerprint density at radius 3 is 1.35 bits per heavy atom. The Bertz CT molecular complexity index is 599. The molecule has 0 aliphatic carbocycles. The molecule has 0 spiro atoms. The van der Waals surface area contributed by atoms with E-state index in [1.807, 2.05) is 27.7 Å². The topological polar surface area (TPSA) is 74.6 Å². The van der Waals surface area contributed by atoms with Crippen molar-refractivity contribution in [1.82, 2.24) is 0 Å². The normalized spacial score (nSPS) is 12.2. The average Bonchev–Trinajstić information content (AvgIpc) is 2.47. The highest BCUT2D eigenvalue weighted by Crippen LogP contribution is 2.43. The fourth-order valence-electron chi connectivity index (χ4n) is 3.49. The molecule has 0 saturated heterocycles. The molecule has 26 heavy (non-hydrogen) atoms. The van der Waals surface area contributed by atoms with Gasteiger partial charge in [-0.3, -0.25) is 0 Å². The third kappa shape index (κ3) is 6.15. The van der Waals surface area contributed by atoms with Crippen molar-refractivity contribution in [2.75, 3.05) is 0 Å². The van der Waals surface area contributed by atoms with E-state index in [-0.39, 0.29) is 33.9 Å². The number of aromatic hydroxyl groups is 2. The molecule has 0 atom stereocenters. The van der Waals surface area contributed by atoms with Gasteiger partial charge in [0, 0.05) is 24.0 Å². The monoisotopic (exact) mass is 362 g/mol. The van der Waals surface area contributed by atoms with E-state index in [0.29, 0.717) is 24.0 Å². The number of Topliss-reactive ketones (excluding diaryl/α,β-unsaturated/α-hetero) is 2. The van der Waals surface area contributed by atoms with Gasteiger partial charge in [-0.15, -0.1) is 0 Å². The van der Waals surface area contributed by atoms with Crippen molar-refractivity contribution in [2.45, 2.75) is 90.9 Å². The third-order valence-electron chi connectivity index (χ3n) is 5.23. The minimum absolute atomic E-state index is 0.163. The predicted octanol–water partition coefficient (Wildman–Crippen LogP) is 5.17. The minimum atomic E-state index is -0.339. The van der Waals surface area contributed by atoms with E-state index in [9.17, 15) is 19.8 Å². The second-order valence-electron chi connectivity index (χ2n) is 8.77. The molecule has 0 amide bonds. The van der Waals surface area contributed by atoms with Gasteiger partial charge in [0.2, 0.25) is 0 Å². The van der Waals surface area contributed by atoms with Crippen molar-refractivity contribution in [3.63, 3.8) is 0 Å². The average molecular weight is 363 g/mol. The first kappa shape index (κ1) is 22.2. The Balaban J connectivity index is 3.02. The van der Waals surface area contributed by atoms with Gasteiger partial charge in [-0.1, -0.05) is 27.7 Å². The zero-order chi connectivity index (χ0) is 20.1. The van der Waals surface area contributed by atoms with Crippen LogP contribution in [-0.2, 0) is 20.4 Å². The maximum absolute atomic E-state index is 11.2. The molecular formula is C22H34O4. The van der Waals surface area contributed by atoms with Crippen LogP contribution < -0.4 is 0 Å². The second kappa shape index (κ2) is 8.70. The van der Waals surface area contributed by atoms with E-state index in [0.717, 1.165) is 25.7 Å². The van der Waals surface area contributed by atoms with E-state index < -0.39 is 0 Å². The second-order valence-corrected chi connectivity index (χ2v) is 8.77. The Kier molecular flexibility index (Phi) is 7.43. The molecule has 0 radical (unpaired) electrons. The first-order chi connectivity index (χ1) is 11.9. The Morgan fingerprint density at radius 2 is 1.08 bits per heavy atom. The molecule has 146 valence electrons. The zero-order valence-electron chi connectivity index (χ0n) is 17.1. The molecule has 1 rings (SSSR count). The van der Waals surface area contributed by atoms with E-state index in [4.69, 9.17) is 0 Å². The minimum Gasteiger partial charge on any atom is -0.508 e. The summed E-state index contributed by atoms with van der Waals surface area (Å²) in [7, 11) is 0. The highest BCUT2D eigenvalue weighted by atomic mass is 16.3. The van der Waals surface area contributed by atoms with Crippen molar-refractivity contribution in [3.05, 3.63) is 23.3 Å². The van der Waals surface area contributed by atoms with Crippen LogP contribution in [0.25, 0.3) is 0 Å². The van der Waals surface area contributed by atoms with Crippen LogP contribution >= 0.6 is 0 Å². The zero-order valence-corrected chi connectivity index (χ0v) is 17.1. The standard InChI is InChI=1S/C22H34O4/c1-15(23)9-7-11-21(3,4)17-13-20(26)18(14-19(17)25)22(5,6)12-8-10-16(2)24/h13-14,25-26H,7-12H2,1-6H3. The molecular weight excluding hydrogens is 328 g/mol. The lowest BCUT2D eigenvalue weighted by Crippen LogP contribution is -2.21. The van der Waals surface area contributed by atoms with E-state index >= 15 is 0 Å². The summed E-state index contributed by atoms with van der Waals surface area (Å²) in [6.45, 7) is 11.2. The van der Waals surface area contributed by atoms with E-state index in [1.165, 1.54) is 0 Å². The first-order valence-corrected chi connectivity index (χ1v) is 9.42. The highest BCUT2D eigenvalue weighted by Gasteiger charge is 2.29. The molecule has 1 aromatic rings. The summed E-state index contributed by atoms with van der Waals surface area (Å²) >= 11 is 0. The molecule has 0 saturated carbocycles. The van der Waals surface area contributed by atoms with Crippen molar-refractivity contribution in [1.29, 1.82) is 0 Å². The smallest absolute Gasteiger partial charge is 0.129 e. The van der Waals surface area contributed by atoms with Crippen molar-refractivity contribution >= 4 is 11.6 Å². The Hall–Kier alpha value is -1.84. The molecule has 0 heterocycles. The van der Waals surface area contributed by atoms with Gasteiger partial charge in [0.25, 0.3) is 0 Å². The summed E-state index contributed by atoms with van der Waals surface area (Å²) in [5, 5.41) is 21.2. The van der Waals surface area contributed by atoms with Gasteiger partial charge in [-0.05, 0) is 62.5 Å². The molecule has 0 aliphatic rings. The summed E-state index contributed by atoms with van der Waals surface area (Å²) in [4.78, 5) is 22.3. The van der Waals surface area contributed by atoms with Crippen LogP contribution in [0.2, 0.25) is 0 Å². The number of benzene rings is 1. The number of carbonyl (C=O) groups is 2. The van der Waals surface area contributed by atoms with Crippen LogP contribution in [-0.4, -0.2) is 21.8 Å². The number of hydrogen-bond donors (Lipinski definition) is 2. The molecule has 4 nitrogen and oxygen atoms in total. The first-order valence-electron chi connectivity index (χ1n) is 9.42. The molecule has 0 aliphatic heterocycles. The Morgan fingerprint density at radius 1 is 0.769 bits per heavy atom. The maximum Gasteiger partial charge on any atom is 0.129 e. The lowest BCUT2D eigenvalue weighted by molar-refractivity contribution is -0.118. The van der Waals surface area contributed by atoms with Crippen LogP contribution in [0.5, 0.6) is 11.5 Å². The van der Waals surface area contributed by atoms with E-state index in [1.54, 1.807) is 26.0 Å². The van der Waals surface area contributed by atoms with Crippen molar-refractivity contribution in [2.24, 2.45) is 0 Å². The molecule has 2 N–H and O–H groups in total. The fraction of sp³-hybridized carbons (Fsp3) is 0.636. The number of carbonyl (C=O) groups excluding carboxylic acids is 2. The molecule has 4 heteroatoms. The largest absolute Gasteiger partial charge is 0.508 e. The molecule has 0 aromatic heterocycles. The lowest BCUT2D eigenvalue weighted by Gasteiger charge is -2.30. The van der Waals surface area contributed by atoms with Gasteiger partial charge in [0.05, 0.1) is 0 Å². The Labute approximate surface area is 157 Å². The number of ketones is 2. The molecule has 0 bridgehead atoms. The third-order valence-corrected chi connectivity index (χ3v) is 5.23. The van der Waals surface area contributed by atoms with Gasteiger partial charge >= 0.3 is 0 Å².